The molecule has 2 N–H and O–H groups in total. The third-order valence-corrected chi connectivity index (χ3v) is 11.4. The Hall–Kier alpha value is -4.37. The van der Waals surface area contributed by atoms with E-state index in [1.807, 2.05) is 30.3 Å². The maximum absolute atomic E-state index is 12.9. The van der Waals surface area contributed by atoms with Crippen LogP contribution in [0.2, 0.25) is 0 Å². The smallest absolute Gasteiger partial charge is 0.478 e. The monoisotopic (exact) mass is 740 g/mol. The minimum absolute atomic E-state index is 0.0384. The van der Waals surface area contributed by atoms with Gasteiger partial charge in [0.1, 0.15) is 0 Å². The molecule has 1 aliphatic heterocycles. The van der Waals surface area contributed by atoms with E-state index in [2.05, 4.69) is 43.2 Å². The molecular weight excluding hydrogens is 686 g/mol. The van der Waals surface area contributed by atoms with E-state index in [0.717, 1.165) is 70.4 Å². The molecule has 3 heterocycles. The second-order valence-corrected chi connectivity index (χ2v) is 15.2. The summed E-state index contributed by atoms with van der Waals surface area (Å²) in [6.07, 6.45) is 7.91. The van der Waals surface area contributed by atoms with Crippen LogP contribution in [0.25, 0.3) is 44.3 Å². The molecule has 0 spiro atoms. The fourth-order valence-electron chi connectivity index (χ4n) is 8.83. The first-order chi connectivity index (χ1) is 26.0. The Morgan fingerprint density at radius 2 is 1.69 bits per heavy atom. The number of hydrogen-bond donors (Lipinski definition) is 2. The number of nitrogens with one attached hydrogen (secondary N) is 1. The second-order valence-electron chi connectivity index (χ2n) is 15.2. The molecule has 1 aliphatic carbocycles. The van der Waals surface area contributed by atoms with E-state index >= 15 is 0 Å². The van der Waals surface area contributed by atoms with Crippen molar-refractivity contribution in [1.82, 2.24) is 14.5 Å². The van der Waals surface area contributed by atoms with Gasteiger partial charge in [-0.3, -0.25) is 5.32 Å². The highest BCUT2D eigenvalue weighted by Gasteiger charge is 2.29. The number of halogens is 3. The number of fused-ring (bicyclic) bond motifs is 2. The summed E-state index contributed by atoms with van der Waals surface area (Å²) < 4.78 is 41.0. The SMILES string of the molecule is CCCC1CCCN(CC)C1.CCCn1c(-c2ccc3nc(-c4cccc(NC(F)(F)F)c4)ccc3c2C)c(C2CCCCC2)c2ccc(C(=O)O)cc21. The molecule has 2 aliphatic rings. The van der Waals surface area contributed by atoms with E-state index < -0.39 is 12.3 Å². The highest BCUT2D eigenvalue weighted by molar-refractivity contribution is 6.00. The standard InChI is InChI=1S/C35H34F3N3O2.C10H21N/c1-3-18-41-31-20-24(34(42)43)12-13-28(31)32(22-8-5-4-6-9-22)33(41)27-15-17-30-26(21(27)2)14-16-29(39-30)23-10-7-11-25(19-23)40-35(36,37)38;1-3-6-10-7-5-8-11(4-2)9-10/h7,10-17,19-20,22,40H,3-6,8-9,18H2,1-2H3,(H,42,43);10H,3-9H2,1-2H3. The molecule has 1 saturated carbocycles. The predicted octanol–water partition coefficient (Wildman–Crippen LogP) is 12.4. The normalized spacial score (nSPS) is 17.1. The maximum atomic E-state index is 12.9. The summed E-state index contributed by atoms with van der Waals surface area (Å²) in [5.41, 5.74) is 7.77. The molecular formula is C45H55F3N4O2. The fraction of sp³-hybridized carbons (Fsp3) is 0.467. The Bertz CT molecular complexity index is 2060. The molecule has 54 heavy (non-hydrogen) atoms. The topological polar surface area (TPSA) is 70.4 Å². The van der Waals surface area contributed by atoms with Gasteiger partial charge < -0.3 is 14.6 Å². The van der Waals surface area contributed by atoms with Crippen molar-refractivity contribution in [2.24, 2.45) is 5.92 Å². The van der Waals surface area contributed by atoms with E-state index in [9.17, 15) is 23.1 Å². The summed E-state index contributed by atoms with van der Waals surface area (Å²) in [4.78, 5) is 19.3. The predicted molar refractivity (Wildman–Crippen MR) is 215 cm³/mol. The van der Waals surface area contributed by atoms with E-state index in [4.69, 9.17) is 4.98 Å². The van der Waals surface area contributed by atoms with Gasteiger partial charge in [0.15, 0.2) is 0 Å². The number of aromatic carboxylic acids is 1. The molecule has 2 aromatic heterocycles. The molecule has 0 radical (unpaired) electrons. The van der Waals surface area contributed by atoms with Gasteiger partial charge in [-0.15, -0.1) is 0 Å². The summed E-state index contributed by atoms with van der Waals surface area (Å²) in [6, 6.07) is 19.6. The number of pyridine rings is 1. The minimum Gasteiger partial charge on any atom is -0.478 e. The van der Waals surface area contributed by atoms with Gasteiger partial charge in [-0.05, 0) is 118 Å². The summed E-state index contributed by atoms with van der Waals surface area (Å²) in [7, 11) is 0. The Labute approximate surface area is 317 Å². The Kier molecular flexibility index (Phi) is 12.7. The zero-order valence-corrected chi connectivity index (χ0v) is 32.2. The lowest BCUT2D eigenvalue weighted by molar-refractivity contribution is -0.0999. The maximum Gasteiger partial charge on any atom is 0.482 e. The van der Waals surface area contributed by atoms with Crippen LogP contribution < -0.4 is 5.32 Å². The van der Waals surface area contributed by atoms with Crippen LogP contribution >= 0.6 is 0 Å². The number of anilines is 1. The van der Waals surface area contributed by atoms with Crippen LogP contribution in [0.1, 0.15) is 112 Å². The average molecular weight is 741 g/mol. The molecule has 1 atom stereocenters. The quantitative estimate of drug-likeness (QED) is 0.140. The summed E-state index contributed by atoms with van der Waals surface area (Å²) >= 11 is 0. The van der Waals surface area contributed by atoms with Crippen molar-refractivity contribution in [1.29, 1.82) is 0 Å². The molecule has 288 valence electrons. The minimum atomic E-state index is -4.52. The number of aryl methyl sites for hydroxylation is 2. The van der Waals surface area contributed by atoms with Crippen molar-refractivity contribution in [3.8, 4) is 22.5 Å². The van der Waals surface area contributed by atoms with Crippen molar-refractivity contribution in [3.05, 3.63) is 83.4 Å². The Balaban J connectivity index is 0.000000389. The third kappa shape index (κ3) is 8.94. The first-order valence-corrected chi connectivity index (χ1v) is 20.0. The van der Waals surface area contributed by atoms with Crippen LogP contribution in [0, 0.1) is 12.8 Å². The number of alkyl halides is 3. The number of carboxylic acids is 1. The Morgan fingerprint density at radius 1 is 0.907 bits per heavy atom. The van der Waals surface area contributed by atoms with Gasteiger partial charge >= 0.3 is 12.3 Å². The van der Waals surface area contributed by atoms with E-state index in [1.165, 1.54) is 82.3 Å². The van der Waals surface area contributed by atoms with Crippen LogP contribution in [-0.4, -0.2) is 51.5 Å². The van der Waals surface area contributed by atoms with Gasteiger partial charge in [-0.25, -0.2) is 9.78 Å². The number of likely N-dealkylation sites (tertiary alicyclic amines) is 1. The zero-order chi connectivity index (χ0) is 38.4. The van der Waals surface area contributed by atoms with Crippen LogP contribution in [0.15, 0.2) is 66.7 Å². The number of benzene rings is 3. The number of aromatic nitrogens is 2. The summed E-state index contributed by atoms with van der Waals surface area (Å²) in [5, 5.41) is 13.4. The third-order valence-electron chi connectivity index (χ3n) is 11.4. The number of carboxylic acid groups (broad SMARTS) is 1. The van der Waals surface area contributed by atoms with E-state index in [1.54, 1.807) is 23.5 Å². The number of carbonyl (C=O) groups is 1. The lowest BCUT2D eigenvalue weighted by Gasteiger charge is -2.31. The molecule has 0 amide bonds. The van der Waals surface area contributed by atoms with Crippen LogP contribution in [0.4, 0.5) is 18.9 Å². The number of hydrogen-bond acceptors (Lipinski definition) is 4. The fourth-order valence-corrected chi connectivity index (χ4v) is 8.83. The molecule has 5 aromatic rings. The van der Waals surface area contributed by atoms with Crippen LogP contribution in [0.5, 0.6) is 0 Å². The van der Waals surface area contributed by atoms with Crippen molar-refractivity contribution in [2.75, 3.05) is 25.0 Å². The molecule has 2 fully saturated rings. The number of piperidine rings is 1. The van der Waals surface area contributed by atoms with Crippen LogP contribution in [0.3, 0.4) is 0 Å². The molecule has 0 bridgehead atoms. The largest absolute Gasteiger partial charge is 0.482 e. The zero-order valence-electron chi connectivity index (χ0n) is 32.2. The molecule has 3 aromatic carbocycles. The lowest BCUT2D eigenvalue weighted by atomic mass is 9.81. The van der Waals surface area contributed by atoms with Gasteiger partial charge in [0.05, 0.1) is 22.5 Å². The summed E-state index contributed by atoms with van der Waals surface area (Å²) in [5.74, 6) is 0.470. The number of nitrogens with zero attached hydrogens (tertiary/aromatic N) is 3. The van der Waals surface area contributed by atoms with Crippen LogP contribution in [-0.2, 0) is 6.54 Å². The first kappa shape index (κ1) is 39.3. The van der Waals surface area contributed by atoms with Crippen molar-refractivity contribution >= 4 is 33.5 Å². The average Bonchev–Trinajstić information content (AvgIpc) is 3.48. The van der Waals surface area contributed by atoms with Gasteiger partial charge in [-0.1, -0.05) is 76.8 Å². The van der Waals surface area contributed by atoms with E-state index in [0.29, 0.717) is 17.2 Å². The van der Waals surface area contributed by atoms with Crippen molar-refractivity contribution in [2.45, 2.75) is 111 Å². The molecule has 1 unspecified atom stereocenters. The first-order valence-electron chi connectivity index (χ1n) is 20.0. The molecule has 1 saturated heterocycles. The van der Waals surface area contributed by atoms with Crippen molar-refractivity contribution < 1.29 is 23.1 Å². The van der Waals surface area contributed by atoms with Gasteiger partial charge in [-0.2, -0.15) is 13.2 Å². The van der Waals surface area contributed by atoms with E-state index in [-0.39, 0.29) is 11.3 Å². The highest BCUT2D eigenvalue weighted by atomic mass is 19.4. The summed E-state index contributed by atoms with van der Waals surface area (Å²) in [6.45, 7) is 13.5. The Morgan fingerprint density at radius 3 is 2.39 bits per heavy atom. The molecule has 7 rings (SSSR count). The van der Waals surface area contributed by atoms with Gasteiger partial charge in [0.2, 0.25) is 0 Å². The second kappa shape index (κ2) is 17.4. The highest BCUT2D eigenvalue weighted by Crippen LogP contribution is 2.46. The number of rotatable bonds is 10. The lowest BCUT2D eigenvalue weighted by Crippen LogP contribution is -2.34. The van der Waals surface area contributed by atoms with Gasteiger partial charge in [0.25, 0.3) is 0 Å². The molecule has 9 heteroatoms. The van der Waals surface area contributed by atoms with Crippen molar-refractivity contribution in [3.63, 3.8) is 0 Å². The molecule has 6 nitrogen and oxygen atoms in total. The van der Waals surface area contributed by atoms with Gasteiger partial charge in [0, 0.05) is 46.2 Å².